The first-order valence-corrected chi connectivity index (χ1v) is 4.55. The van der Waals surface area contributed by atoms with Crippen LogP contribution in [0, 0.1) is 6.92 Å². The minimum atomic E-state index is -1.02. The summed E-state index contributed by atoms with van der Waals surface area (Å²) in [4.78, 5) is 22.6. The molecule has 2 heterocycles. The van der Waals surface area contributed by atoms with E-state index in [0.717, 1.165) is 0 Å². The Morgan fingerprint density at radius 2 is 2.38 bits per heavy atom. The molecule has 0 atom stereocenters. The van der Waals surface area contributed by atoms with Crippen molar-refractivity contribution in [2.24, 2.45) is 0 Å². The Balaban J connectivity index is 2.24. The maximum Gasteiger partial charge on any atom is 0.339 e. The minimum absolute atomic E-state index is 0.113. The van der Waals surface area contributed by atoms with Crippen molar-refractivity contribution < 1.29 is 9.90 Å². The fraction of sp³-hybridized carbons (Fsp3) is 0.222. The highest BCUT2D eigenvalue weighted by atomic mass is 16.4. The van der Waals surface area contributed by atoms with E-state index in [2.05, 4.69) is 20.1 Å². The number of rotatable bonds is 3. The standard InChI is InChI=1S/C9H9N5O2/c1-6-7(9(15)16)2-11-8(13-6)3-14-5-10-4-12-14/h2,4-5H,3H2,1H3,(H,15,16). The van der Waals surface area contributed by atoms with Crippen molar-refractivity contribution in [2.45, 2.75) is 13.5 Å². The molecule has 7 heteroatoms. The molecule has 82 valence electrons. The van der Waals surface area contributed by atoms with E-state index in [0.29, 0.717) is 18.1 Å². The van der Waals surface area contributed by atoms with Crippen LogP contribution in [0.5, 0.6) is 0 Å². The summed E-state index contributed by atoms with van der Waals surface area (Å²) >= 11 is 0. The van der Waals surface area contributed by atoms with Gasteiger partial charge in [-0.1, -0.05) is 0 Å². The summed E-state index contributed by atoms with van der Waals surface area (Å²) in [5.41, 5.74) is 0.556. The van der Waals surface area contributed by atoms with Gasteiger partial charge in [-0.2, -0.15) is 5.10 Å². The largest absolute Gasteiger partial charge is 0.478 e. The first-order chi connectivity index (χ1) is 7.66. The lowest BCUT2D eigenvalue weighted by atomic mass is 10.2. The molecule has 2 aromatic rings. The summed E-state index contributed by atoms with van der Waals surface area (Å²) in [7, 11) is 0. The van der Waals surface area contributed by atoms with Gasteiger partial charge in [0.1, 0.15) is 25.0 Å². The number of carbonyl (C=O) groups is 1. The molecule has 0 aliphatic rings. The highest BCUT2D eigenvalue weighted by Crippen LogP contribution is 2.04. The Kier molecular flexibility index (Phi) is 2.59. The molecular formula is C9H9N5O2. The third kappa shape index (κ3) is 2.02. The van der Waals surface area contributed by atoms with Crippen LogP contribution in [0.3, 0.4) is 0 Å². The predicted octanol–water partition coefficient (Wildman–Crippen LogP) is 0.123. The Labute approximate surface area is 90.8 Å². The predicted molar refractivity (Wildman–Crippen MR) is 52.9 cm³/mol. The molecular weight excluding hydrogens is 210 g/mol. The van der Waals surface area contributed by atoms with E-state index >= 15 is 0 Å². The lowest BCUT2D eigenvalue weighted by Gasteiger charge is -2.03. The van der Waals surface area contributed by atoms with E-state index in [4.69, 9.17) is 5.11 Å². The van der Waals surface area contributed by atoms with Gasteiger partial charge in [-0.3, -0.25) is 0 Å². The van der Waals surface area contributed by atoms with Gasteiger partial charge in [0.15, 0.2) is 0 Å². The molecule has 0 radical (unpaired) electrons. The molecule has 7 nitrogen and oxygen atoms in total. The van der Waals surface area contributed by atoms with Crippen LogP contribution in [0.25, 0.3) is 0 Å². The minimum Gasteiger partial charge on any atom is -0.478 e. The molecule has 0 aliphatic heterocycles. The fourth-order valence-electron chi connectivity index (χ4n) is 1.26. The molecule has 0 amide bonds. The van der Waals surface area contributed by atoms with E-state index in [9.17, 15) is 4.79 Å². The average molecular weight is 219 g/mol. The molecule has 1 N–H and O–H groups in total. The zero-order valence-corrected chi connectivity index (χ0v) is 8.53. The second-order valence-corrected chi connectivity index (χ2v) is 3.18. The zero-order chi connectivity index (χ0) is 11.5. The van der Waals surface area contributed by atoms with E-state index in [-0.39, 0.29) is 5.56 Å². The summed E-state index contributed by atoms with van der Waals surface area (Å²) in [6.07, 6.45) is 4.26. The monoisotopic (exact) mass is 219 g/mol. The molecule has 2 aromatic heterocycles. The summed E-state index contributed by atoms with van der Waals surface area (Å²) in [6.45, 7) is 2.01. The van der Waals surface area contributed by atoms with Crippen molar-refractivity contribution in [1.29, 1.82) is 0 Å². The van der Waals surface area contributed by atoms with Gasteiger partial charge in [-0.25, -0.2) is 24.4 Å². The average Bonchev–Trinajstić information content (AvgIpc) is 2.70. The second-order valence-electron chi connectivity index (χ2n) is 3.18. The molecule has 0 bridgehead atoms. The topological polar surface area (TPSA) is 93.8 Å². The zero-order valence-electron chi connectivity index (χ0n) is 8.53. The van der Waals surface area contributed by atoms with Crippen LogP contribution in [0.2, 0.25) is 0 Å². The summed E-state index contributed by atoms with van der Waals surface area (Å²) < 4.78 is 1.56. The first kappa shape index (κ1) is 10.2. The summed E-state index contributed by atoms with van der Waals surface area (Å²) in [6, 6.07) is 0. The molecule has 0 unspecified atom stereocenters. The van der Waals surface area contributed by atoms with Gasteiger partial charge in [0, 0.05) is 6.20 Å². The number of aryl methyl sites for hydroxylation is 1. The van der Waals surface area contributed by atoms with Crippen LogP contribution in [0.4, 0.5) is 0 Å². The number of aromatic carboxylic acids is 1. The summed E-state index contributed by atoms with van der Waals surface area (Å²) in [5, 5.41) is 12.7. The van der Waals surface area contributed by atoms with Gasteiger partial charge in [0.2, 0.25) is 0 Å². The second kappa shape index (κ2) is 4.05. The van der Waals surface area contributed by atoms with Crippen LogP contribution < -0.4 is 0 Å². The molecule has 2 rings (SSSR count). The normalized spacial score (nSPS) is 10.3. The number of carboxylic acids is 1. The van der Waals surface area contributed by atoms with Crippen molar-refractivity contribution in [3.8, 4) is 0 Å². The molecule has 0 saturated heterocycles. The van der Waals surface area contributed by atoms with E-state index < -0.39 is 5.97 Å². The Morgan fingerprint density at radius 3 is 2.94 bits per heavy atom. The lowest BCUT2D eigenvalue weighted by Crippen LogP contribution is -2.09. The quantitative estimate of drug-likeness (QED) is 0.788. The van der Waals surface area contributed by atoms with Crippen molar-refractivity contribution >= 4 is 5.97 Å². The van der Waals surface area contributed by atoms with Crippen LogP contribution in [0.15, 0.2) is 18.9 Å². The first-order valence-electron chi connectivity index (χ1n) is 4.55. The number of carboxylic acid groups (broad SMARTS) is 1. The molecule has 0 aromatic carbocycles. The molecule has 0 fully saturated rings. The number of hydrogen-bond donors (Lipinski definition) is 1. The third-order valence-electron chi connectivity index (χ3n) is 2.03. The number of hydrogen-bond acceptors (Lipinski definition) is 5. The van der Waals surface area contributed by atoms with Gasteiger partial charge >= 0.3 is 5.97 Å². The van der Waals surface area contributed by atoms with Gasteiger partial charge in [0.05, 0.1) is 11.3 Å². The number of aromatic nitrogens is 5. The van der Waals surface area contributed by atoms with Crippen molar-refractivity contribution in [1.82, 2.24) is 24.7 Å². The fourth-order valence-corrected chi connectivity index (χ4v) is 1.26. The Hall–Kier alpha value is -2.31. The molecule has 0 saturated carbocycles. The lowest BCUT2D eigenvalue weighted by molar-refractivity contribution is 0.0695. The maximum absolute atomic E-state index is 10.7. The summed E-state index contributed by atoms with van der Waals surface area (Å²) in [5.74, 6) is -0.516. The van der Waals surface area contributed by atoms with Crippen molar-refractivity contribution in [2.75, 3.05) is 0 Å². The Bertz CT molecular complexity index is 509. The van der Waals surface area contributed by atoms with Gasteiger partial charge in [-0.05, 0) is 6.92 Å². The van der Waals surface area contributed by atoms with Gasteiger partial charge < -0.3 is 5.11 Å². The van der Waals surface area contributed by atoms with Gasteiger partial charge in [0.25, 0.3) is 0 Å². The van der Waals surface area contributed by atoms with Gasteiger partial charge in [-0.15, -0.1) is 0 Å². The molecule has 0 aliphatic carbocycles. The van der Waals surface area contributed by atoms with E-state index in [1.165, 1.54) is 12.5 Å². The smallest absolute Gasteiger partial charge is 0.339 e. The number of nitrogens with zero attached hydrogens (tertiary/aromatic N) is 5. The van der Waals surface area contributed by atoms with Crippen LogP contribution in [0.1, 0.15) is 21.9 Å². The highest BCUT2D eigenvalue weighted by molar-refractivity contribution is 5.88. The maximum atomic E-state index is 10.7. The van der Waals surface area contributed by atoms with Crippen molar-refractivity contribution in [3.05, 3.63) is 35.9 Å². The molecule has 0 spiro atoms. The van der Waals surface area contributed by atoms with E-state index in [1.807, 2.05) is 0 Å². The SMILES string of the molecule is Cc1nc(Cn2cncn2)ncc1C(=O)O. The van der Waals surface area contributed by atoms with Crippen LogP contribution in [-0.2, 0) is 6.54 Å². The van der Waals surface area contributed by atoms with Crippen molar-refractivity contribution in [3.63, 3.8) is 0 Å². The highest BCUT2D eigenvalue weighted by Gasteiger charge is 2.09. The Morgan fingerprint density at radius 1 is 1.56 bits per heavy atom. The van der Waals surface area contributed by atoms with E-state index in [1.54, 1.807) is 17.9 Å². The van der Waals surface area contributed by atoms with Crippen LogP contribution >= 0.6 is 0 Å². The third-order valence-corrected chi connectivity index (χ3v) is 2.03. The molecule has 16 heavy (non-hydrogen) atoms. The van der Waals surface area contributed by atoms with Crippen LogP contribution in [-0.4, -0.2) is 35.8 Å².